The number of aromatic nitrogens is 1. The summed E-state index contributed by atoms with van der Waals surface area (Å²) in [4.78, 5) is 4.28. The van der Waals surface area contributed by atoms with Crippen molar-refractivity contribution in [2.24, 2.45) is 0 Å². The Morgan fingerprint density at radius 3 is 2.70 bits per heavy atom. The molecule has 0 radical (unpaired) electrons. The van der Waals surface area contributed by atoms with E-state index in [1.165, 1.54) is 15.8 Å². The van der Waals surface area contributed by atoms with Crippen molar-refractivity contribution in [2.75, 3.05) is 12.4 Å². The SMILES string of the molecule is COCc1ccc(CNc2ccc3ncsc3c2)cc1. The van der Waals surface area contributed by atoms with E-state index in [1.807, 2.05) is 5.51 Å². The number of ether oxygens (including phenoxy) is 1. The minimum Gasteiger partial charge on any atom is -0.381 e. The molecule has 0 aliphatic carbocycles. The third-order valence-corrected chi connectivity index (χ3v) is 3.95. The van der Waals surface area contributed by atoms with E-state index in [1.54, 1.807) is 18.4 Å². The largest absolute Gasteiger partial charge is 0.381 e. The number of anilines is 1. The van der Waals surface area contributed by atoms with Crippen molar-refractivity contribution in [2.45, 2.75) is 13.2 Å². The lowest BCUT2D eigenvalue weighted by Crippen LogP contribution is -1.99. The van der Waals surface area contributed by atoms with E-state index in [2.05, 4.69) is 52.8 Å². The number of methoxy groups -OCH3 is 1. The van der Waals surface area contributed by atoms with Crippen molar-refractivity contribution in [1.29, 1.82) is 0 Å². The molecule has 1 aromatic heterocycles. The molecule has 0 aliphatic rings. The molecular formula is C16H16N2OS. The van der Waals surface area contributed by atoms with Crippen LogP contribution in [0.2, 0.25) is 0 Å². The summed E-state index contributed by atoms with van der Waals surface area (Å²) in [5.41, 5.74) is 6.52. The highest BCUT2D eigenvalue weighted by Crippen LogP contribution is 2.22. The van der Waals surface area contributed by atoms with Gasteiger partial charge in [0.25, 0.3) is 0 Å². The Hall–Kier alpha value is -1.91. The van der Waals surface area contributed by atoms with Crippen LogP contribution in [0.1, 0.15) is 11.1 Å². The van der Waals surface area contributed by atoms with E-state index in [0.29, 0.717) is 6.61 Å². The van der Waals surface area contributed by atoms with Crippen LogP contribution in [0.5, 0.6) is 0 Å². The topological polar surface area (TPSA) is 34.1 Å². The summed E-state index contributed by atoms with van der Waals surface area (Å²) in [5.74, 6) is 0. The number of hydrogen-bond acceptors (Lipinski definition) is 4. The summed E-state index contributed by atoms with van der Waals surface area (Å²) in [6, 6.07) is 14.7. The van der Waals surface area contributed by atoms with Crippen LogP contribution in [0.25, 0.3) is 10.2 Å². The summed E-state index contributed by atoms with van der Waals surface area (Å²) < 4.78 is 6.32. The molecule has 0 fully saturated rings. The Kier molecular flexibility index (Phi) is 3.95. The monoisotopic (exact) mass is 284 g/mol. The summed E-state index contributed by atoms with van der Waals surface area (Å²) in [7, 11) is 1.71. The highest BCUT2D eigenvalue weighted by Gasteiger charge is 1.99. The van der Waals surface area contributed by atoms with E-state index >= 15 is 0 Å². The molecule has 2 aromatic carbocycles. The van der Waals surface area contributed by atoms with Crippen molar-refractivity contribution >= 4 is 27.2 Å². The van der Waals surface area contributed by atoms with Gasteiger partial charge in [0.1, 0.15) is 0 Å². The van der Waals surface area contributed by atoms with Crippen LogP contribution in [0, 0.1) is 0 Å². The first-order chi connectivity index (χ1) is 9.85. The maximum absolute atomic E-state index is 5.11. The zero-order valence-electron chi connectivity index (χ0n) is 11.3. The number of thiazole rings is 1. The van der Waals surface area contributed by atoms with Gasteiger partial charge < -0.3 is 10.1 Å². The molecule has 0 saturated carbocycles. The summed E-state index contributed by atoms with van der Waals surface area (Å²) >= 11 is 1.67. The summed E-state index contributed by atoms with van der Waals surface area (Å²) in [6.45, 7) is 1.48. The first-order valence-electron chi connectivity index (χ1n) is 6.49. The van der Waals surface area contributed by atoms with Gasteiger partial charge in [-0.1, -0.05) is 24.3 Å². The van der Waals surface area contributed by atoms with Crippen LogP contribution >= 0.6 is 11.3 Å². The third kappa shape index (κ3) is 2.98. The molecule has 0 bridgehead atoms. The Labute approximate surface area is 122 Å². The Morgan fingerprint density at radius 1 is 1.10 bits per heavy atom. The highest BCUT2D eigenvalue weighted by molar-refractivity contribution is 7.16. The van der Waals surface area contributed by atoms with E-state index < -0.39 is 0 Å². The van der Waals surface area contributed by atoms with Crippen molar-refractivity contribution in [3.63, 3.8) is 0 Å². The van der Waals surface area contributed by atoms with Gasteiger partial charge in [0.15, 0.2) is 0 Å². The van der Waals surface area contributed by atoms with Gasteiger partial charge >= 0.3 is 0 Å². The van der Waals surface area contributed by atoms with Crippen LogP contribution < -0.4 is 5.32 Å². The first-order valence-corrected chi connectivity index (χ1v) is 7.37. The molecule has 0 atom stereocenters. The van der Waals surface area contributed by atoms with Gasteiger partial charge in [0.05, 0.1) is 22.3 Å². The number of hydrogen-bond donors (Lipinski definition) is 1. The van der Waals surface area contributed by atoms with Crippen molar-refractivity contribution in [3.8, 4) is 0 Å². The first kappa shape index (κ1) is 13.1. The smallest absolute Gasteiger partial charge is 0.0813 e. The normalized spacial score (nSPS) is 10.8. The lowest BCUT2D eigenvalue weighted by atomic mass is 10.1. The van der Waals surface area contributed by atoms with Crippen molar-refractivity contribution < 1.29 is 4.74 Å². The van der Waals surface area contributed by atoms with Crippen LogP contribution in [-0.4, -0.2) is 12.1 Å². The van der Waals surface area contributed by atoms with Crippen LogP contribution in [0.4, 0.5) is 5.69 Å². The second kappa shape index (κ2) is 6.03. The zero-order valence-corrected chi connectivity index (χ0v) is 12.1. The zero-order chi connectivity index (χ0) is 13.8. The molecule has 20 heavy (non-hydrogen) atoms. The highest BCUT2D eigenvalue weighted by atomic mass is 32.1. The fourth-order valence-electron chi connectivity index (χ4n) is 2.09. The van der Waals surface area contributed by atoms with Gasteiger partial charge in [-0.05, 0) is 29.3 Å². The molecule has 102 valence electrons. The van der Waals surface area contributed by atoms with Gasteiger partial charge in [-0.25, -0.2) is 4.98 Å². The van der Waals surface area contributed by atoms with Crippen molar-refractivity contribution in [1.82, 2.24) is 4.98 Å². The maximum atomic E-state index is 5.11. The van der Waals surface area contributed by atoms with Crippen LogP contribution in [0.15, 0.2) is 48.0 Å². The number of nitrogens with zero attached hydrogens (tertiary/aromatic N) is 1. The number of nitrogens with one attached hydrogen (secondary N) is 1. The lowest BCUT2D eigenvalue weighted by molar-refractivity contribution is 0.185. The predicted octanol–water partition coefficient (Wildman–Crippen LogP) is 4.05. The quantitative estimate of drug-likeness (QED) is 0.767. The minimum absolute atomic E-state index is 0.662. The molecule has 0 spiro atoms. The Morgan fingerprint density at radius 2 is 1.90 bits per heavy atom. The average molecular weight is 284 g/mol. The molecule has 1 N–H and O–H groups in total. The predicted molar refractivity (Wildman–Crippen MR) is 84.1 cm³/mol. The average Bonchev–Trinajstić information content (AvgIpc) is 2.94. The third-order valence-electron chi connectivity index (χ3n) is 3.16. The van der Waals surface area contributed by atoms with Gasteiger partial charge in [-0.15, -0.1) is 11.3 Å². The molecule has 0 amide bonds. The minimum atomic E-state index is 0.662. The van der Waals surface area contributed by atoms with E-state index in [9.17, 15) is 0 Å². The molecule has 3 aromatic rings. The Bertz CT molecular complexity index is 691. The van der Waals surface area contributed by atoms with E-state index in [-0.39, 0.29) is 0 Å². The number of benzene rings is 2. The molecule has 0 aliphatic heterocycles. The van der Waals surface area contributed by atoms with Crippen LogP contribution in [0.3, 0.4) is 0 Å². The molecule has 3 rings (SSSR count). The van der Waals surface area contributed by atoms with Crippen molar-refractivity contribution in [3.05, 3.63) is 59.1 Å². The van der Waals surface area contributed by atoms with Gasteiger partial charge in [0, 0.05) is 19.3 Å². The summed E-state index contributed by atoms with van der Waals surface area (Å²) in [5, 5.41) is 3.44. The molecule has 0 unspecified atom stereocenters. The Balaban J connectivity index is 1.66. The molecule has 0 saturated heterocycles. The van der Waals surface area contributed by atoms with Gasteiger partial charge in [-0.3, -0.25) is 0 Å². The second-order valence-electron chi connectivity index (χ2n) is 4.64. The fourth-order valence-corrected chi connectivity index (χ4v) is 2.81. The molecule has 1 heterocycles. The van der Waals surface area contributed by atoms with Gasteiger partial charge in [-0.2, -0.15) is 0 Å². The van der Waals surface area contributed by atoms with Crippen LogP contribution in [-0.2, 0) is 17.9 Å². The standard InChI is InChI=1S/C16H16N2OS/c1-19-10-13-4-2-12(3-5-13)9-17-14-6-7-15-16(8-14)20-11-18-15/h2-8,11,17H,9-10H2,1H3. The molecule has 4 heteroatoms. The number of rotatable bonds is 5. The second-order valence-corrected chi connectivity index (χ2v) is 5.52. The number of fused-ring (bicyclic) bond motifs is 1. The van der Waals surface area contributed by atoms with Gasteiger partial charge in [0.2, 0.25) is 0 Å². The maximum Gasteiger partial charge on any atom is 0.0813 e. The molecule has 3 nitrogen and oxygen atoms in total. The van der Waals surface area contributed by atoms with E-state index in [0.717, 1.165) is 17.7 Å². The molecular weight excluding hydrogens is 268 g/mol. The fraction of sp³-hybridized carbons (Fsp3) is 0.188. The lowest BCUT2D eigenvalue weighted by Gasteiger charge is -2.07. The van der Waals surface area contributed by atoms with E-state index in [4.69, 9.17) is 4.74 Å². The summed E-state index contributed by atoms with van der Waals surface area (Å²) in [6.07, 6.45) is 0.